The van der Waals surface area contributed by atoms with Gasteiger partial charge in [0.2, 0.25) is 5.91 Å². The molecule has 0 saturated carbocycles. The number of hydrogen-bond acceptors (Lipinski definition) is 4. The highest BCUT2D eigenvalue weighted by Gasteiger charge is 2.26. The van der Waals surface area contributed by atoms with Gasteiger partial charge < -0.3 is 9.73 Å². The number of hydrogen-bond donors (Lipinski definition) is 1. The quantitative estimate of drug-likeness (QED) is 0.727. The van der Waals surface area contributed by atoms with Crippen molar-refractivity contribution in [3.05, 3.63) is 53.4 Å². The van der Waals surface area contributed by atoms with Gasteiger partial charge in [-0.2, -0.15) is 0 Å². The second kappa shape index (κ2) is 8.79. The highest BCUT2D eigenvalue weighted by molar-refractivity contribution is 8.00. The van der Waals surface area contributed by atoms with Gasteiger partial charge in [-0.05, 0) is 57.1 Å². The van der Waals surface area contributed by atoms with E-state index in [1.165, 1.54) is 24.6 Å². The molecule has 2 aromatic rings. The van der Waals surface area contributed by atoms with E-state index in [1.807, 2.05) is 43.3 Å². The van der Waals surface area contributed by atoms with Gasteiger partial charge in [0.25, 0.3) is 0 Å². The minimum absolute atomic E-state index is 0.0145. The smallest absolute Gasteiger partial charge is 0.233 e. The van der Waals surface area contributed by atoms with Gasteiger partial charge in [-0.3, -0.25) is 9.69 Å². The molecule has 1 aliphatic heterocycles. The molecule has 1 saturated heterocycles. The summed E-state index contributed by atoms with van der Waals surface area (Å²) in [5.41, 5.74) is 0. The normalized spacial score (nSPS) is 17.4. The van der Waals surface area contributed by atoms with Gasteiger partial charge >= 0.3 is 0 Å². The minimum Gasteiger partial charge on any atom is -0.468 e. The number of carbonyl (C=O) groups excluding carboxylic acids is 1. The first-order valence-electron chi connectivity index (χ1n) is 8.61. The third-order valence-electron chi connectivity index (χ3n) is 4.43. The molecule has 1 amide bonds. The summed E-state index contributed by atoms with van der Waals surface area (Å²) >= 11 is 7.66. The molecule has 1 aliphatic rings. The summed E-state index contributed by atoms with van der Waals surface area (Å²) in [6.07, 6.45) is 4.09. The Hall–Kier alpha value is -1.43. The average Bonchev–Trinajstić information content (AvgIpc) is 3.31. The molecule has 0 aliphatic carbocycles. The Morgan fingerprint density at radius 3 is 2.72 bits per heavy atom. The van der Waals surface area contributed by atoms with Crippen molar-refractivity contribution in [3.63, 3.8) is 0 Å². The zero-order chi connectivity index (χ0) is 17.6. The van der Waals surface area contributed by atoms with Crippen LogP contribution in [-0.2, 0) is 4.79 Å². The molecule has 0 spiro atoms. The SMILES string of the molecule is CC(Sc1ccccc1Cl)C(=O)NCC(c1ccco1)N1CCCC1. The molecule has 134 valence electrons. The molecule has 0 radical (unpaired) electrons. The van der Waals surface area contributed by atoms with Crippen molar-refractivity contribution in [2.24, 2.45) is 0 Å². The van der Waals surface area contributed by atoms with Crippen LogP contribution in [0.5, 0.6) is 0 Å². The summed E-state index contributed by atoms with van der Waals surface area (Å²) < 4.78 is 5.60. The third kappa shape index (κ3) is 4.81. The van der Waals surface area contributed by atoms with Crippen molar-refractivity contribution in [2.45, 2.75) is 36.0 Å². The molecule has 2 unspecified atom stereocenters. The number of benzene rings is 1. The van der Waals surface area contributed by atoms with E-state index in [4.69, 9.17) is 16.0 Å². The Morgan fingerprint density at radius 2 is 2.04 bits per heavy atom. The fraction of sp³-hybridized carbons (Fsp3) is 0.421. The molecule has 2 atom stereocenters. The second-order valence-electron chi connectivity index (χ2n) is 6.21. The number of carbonyl (C=O) groups is 1. The van der Waals surface area contributed by atoms with E-state index >= 15 is 0 Å². The molecule has 1 aromatic carbocycles. The molecular formula is C19H23ClN2O2S. The number of furan rings is 1. The Kier molecular flexibility index (Phi) is 6.45. The summed E-state index contributed by atoms with van der Waals surface area (Å²) in [4.78, 5) is 15.8. The maximum atomic E-state index is 12.5. The van der Waals surface area contributed by atoms with E-state index in [2.05, 4.69) is 10.2 Å². The summed E-state index contributed by atoms with van der Waals surface area (Å²) in [5, 5.41) is 3.55. The predicted molar refractivity (Wildman–Crippen MR) is 102 cm³/mol. The van der Waals surface area contributed by atoms with Crippen LogP contribution in [0.2, 0.25) is 5.02 Å². The van der Waals surface area contributed by atoms with Gasteiger partial charge in [0, 0.05) is 11.4 Å². The lowest BCUT2D eigenvalue weighted by Gasteiger charge is -2.26. The van der Waals surface area contributed by atoms with Crippen molar-refractivity contribution in [2.75, 3.05) is 19.6 Å². The zero-order valence-electron chi connectivity index (χ0n) is 14.3. The number of nitrogens with zero attached hydrogens (tertiary/aromatic N) is 1. The number of amides is 1. The van der Waals surface area contributed by atoms with Gasteiger partial charge in [0.05, 0.1) is 22.6 Å². The topological polar surface area (TPSA) is 45.5 Å². The summed E-state index contributed by atoms with van der Waals surface area (Å²) in [6.45, 7) is 4.55. The van der Waals surface area contributed by atoms with Crippen LogP contribution in [0, 0.1) is 0 Å². The highest BCUT2D eigenvalue weighted by Crippen LogP contribution is 2.30. The van der Waals surface area contributed by atoms with E-state index in [9.17, 15) is 4.79 Å². The van der Waals surface area contributed by atoms with Crippen molar-refractivity contribution in [1.82, 2.24) is 10.2 Å². The first-order chi connectivity index (χ1) is 12.1. The molecule has 1 fully saturated rings. The van der Waals surface area contributed by atoms with Crippen LogP contribution < -0.4 is 5.32 Å². The number of thioether (sulfide) groups is 1. The Balaban J connectivity index is 1.58. The second-order valence-corrected chi connectivity index (χ2v) is 8.00. The molecule has 0 bridgehead atoms. The molecule has 1 aromatic heterocycles. The van der Waals surface area contributed by atoms with Gasteiger partial charge in [-0.15, -0.1) is 11.8 Å². The molecule has 2 heterocycles. The maximum Gasteiger partial charge on any atom is 0.233 e. The third-order valence-corrected chi connectivity index (χ3v) is 6.05. The molecule has 3 rings (SSSR count). The maximum absolute atomic E-state index is 12.5. The van der Waals surface area contributed by atoms with E-state index in [0.29, 0.717) is 11.6 Å². The molecule has 6 heteroatoms. The lowest BCUT2D eigenvalue weighted by Crippen LogP contribution is -2.39. The predicted octanol–water partition coefficient (Wildman–Crippen LogP) is 4.37. The Morgan fingerprint density at radius 1 is 1.28 bits per heavy atom. The van der Waals surface area contributed by atoms with E-state index in [1.54, 1.807) is 6.26 Å². The van der Waals surface area contributed by atoms with Crippen molar-refractivity contribution >= 4 is 29.3 Å². The van der Waals surface area contributed by atoms with Crippen molar-refractivity contribution in [1.29, 1.82) is 0 Å². The van der Waals surface area contributed by atoms with Gasteiger partial charge in [0.15, 0.2) is 0 Å². The summed E-state index contributed by atoms with van der Waals surface area (Å²) in [7, 11) is 0. The van der Waals surface area contributed by atoms with Gasteiger partial charge in [-0.1, -0.05) is 23.7 Å². The van der Waals surface area contributed by atoms with Crippen LogP contribution in [-0.4, -0.2) is 35.7 Å². The average molecular weight is 379 g/mol. The monoisotopic (exact) mass is 378 g/mol. The lowest BCUT2D eigenvalue weighted by atomic mass is 10.2. The van der Waals surface area contributed by atoms with Gasteiger partial charge in [-0.25, -0.2) is 0 Å². The number of halogens is 1. The Labute approximate surface area is 157 Å². The van der Waals surface area contributed by atoms with Crippen LogP contribution in [0.15, 0.2) is 52.0 Å². The number of likely N-dealkylation sites (tertiary alicyclic amines) is 1. The molecule has 1 N–H and O–H groups in total. The van der Waals surface area contributed by atoms with E-state index < -0.39 is 0 Å². The van der Waals surface area contributed by atoms with E-state index in [0.717, 1.165) is 23.7 Å². The largest absolute Gasteiger partial charge is 0.468 e. The Bertz CT molecular complexity index is 686. The summed E-state index contributed by atoms with van der Waals surface area (Å²) in [6, 6.07) is 11.6. The van der Waals surface area contributed by atoms with Crippen LogP contribution in [0.4, 0.5) is 0 Å². The molecule has 25 heavy (non-hydrogen) atoms. The number of nitrogens with one attached hydrogen (secondary N) is 1. The van der Waals surface area contributed by atoms with Crippen LogP contribution in [0.3, 0.4) is 0 Å². The lowest BCUT2D eigenvalue weighted by molar-refractivity contribution is -0.120. The fourth-order valence-electron chi connectivity index (χ4n) is 3.07. The first kappa shape index (κ1) is 18.4. The molecular weight excluding hydrogens is 356 g/mol. The van der Waals surface area contributed by atoms with Crippen LogP contribution in [0.1, 0.15) is 31.6 Å². The van der Waals surface area contributed by atoms with Crippen molar-refractivity contribution in [3.8, 4) is 0 Å². The molecule has 4 nitrogen and oxygen atoms in total. The van der Waals surface area contributed by atoms with Crippen LogP contribution >= 0.6 is 23.4 Å². The summed E-state index contributed by atoms with van der Waals surface area (Å²) in [5.74, 6) is 0.925. The van der Waals surface area contributed by atoms with Crippen LogP contribution in [0.25, 0.3) is 0 Å². The fourth-order valence-corrected chi connectivity index (χ4v) is 4.25. The van der Waals surface area contributed by atoms with Gasteiger partial charge in [0.1, 0.15) is 5.76 Å². The van der Waals surface area contributed by atoms with Crippen molar-refractivity contribution < 1.29 is 9.21 Å². The first-order valence-corrected chi connectivity index (χ1v) is 9.87. The highest BCUT2D eigenvalue weighted by atomic mass is 35.5. The van der Waals surface area contributed by atoms with E-state index in [-0.39, 0.29) is 17.2 Å². The number of rotatable bonds is 7. The minimum atomic E-state index is -0.212. The standard InChI is InChI=1S/C19H23ClN2O2S/c1-14(25-18-9-3-2-7-15(18)20)19(23)21-13-16(17-8-6-12-24-17)22-10-4-5-11-22/h2-3,6-9,12,14,16H,4-5,10-11,13H2,1H3,(H,21,23). The zero-order valence-corrected chi connectivity index (χ0v) is 15.9.